The fraction of sp³-hybridized carbons (Fsp3) is 0.368. The van der Waals surface area contributed by atoms with E-state index < -0.39 is 14.9 Å². The molecular weight excluding hydrogens is 396 g/mol. The Balaban J connectivity index is 2.25. The van der Waals surface area contributed by atoms with Crippen LogP contribution in [0.15, 0.2) is 47.4 Å². The van der Waals surface area contributed by atoms with Gasteiger partial charge in [0.05, 0.1) is 16.9 Å². The Hall–Kier alpha value is -2.69. The second kappa shape index (κ2) is 9.68. The van der Waals surface area contributed by atoms with Crippen molar-refractivity contribution in [3.05, 3.63) is 58.1 Å². The number of benzene rings is 2. The van der Waals surface area contributed by atoms with E-state index in [9.17, 15) is 18.5 Å². The zero-order chi connectivity index (χ0) is 21.6. The molecule has 0 bridgehead atoms. The first kappa shape index (κ1) is 22.6. The molecule has 10 heteroatoms. The van der Waals surface area contributed by atoms with Crippen LogP contribution in [-0.4, -0.2) is 59.6 Å². The Morgan fingerprint density at radius 2 is 1.76 bits per heavy atom. The molecule has 158 valence electrons. The van der Waals surface area contributed by atoms with Crippen molar-refractivity contribution in [1.82, 2.24) is 9.62 Å². The largest absolute Gasteiger partial charge is 0.497 e. The Kier molecular flexibility index (Phi) is 7.54. The zero-order valence-corrected chi connectivity index (χ0v) is 17.8. The van der Waals surface area contributed by atoms with Gasteiger partial charge in [0.25, 0.3) is 5.69 Å². The van der Waals surface area contributed by atoms with Crippen LogP contribution < -0.4 is 14.4 Å². The average molecular weight is 423 g/mol. The highest BCUT2D eigenvalue weighted by atomic mass is 32.2. The van der Waals surface area contributed by atoms with Crippen LogP contribution in [-0.2, 0) is 16.6 Å². The predicted octanol–water partition coefficient (Wildman–Crippen LogP) is 2.08. The normalized spacial score (nSPS) is 11.5. The molecule has 0 spiro atoms. The minimum Gasteiger partial charge on any atom is -0.497 e. The Bertz CT molecular complexity index is 946. The van der Waals surface area contributed by atoms with E-state index >= 15 is 0 Å². The molecule has 2 aromatic carbocycles. The smallest absolute Gasteiger partial charge is 0.293 e. The number of sulfonamides is 1. The molecule has 2 rings (SSSR count). The van der Waals surface area contributed by atoms with Crippen LogP contribution in [0.5, 0.6) is 5.75 Å². The number of hydrogen-bond donors (Lipinski definition) is 1. The quantitative estimate of drug-likeness (QED) is 0.462. The predicted molar refractivity (Wildman–Crippen MR) is 112 cm³/mol. The molecular formula is C19H26N4O5S. The van der Waals surface area contributed by atoms with Crippen LogP contribution in [0.1, 0.15) is 5.56 Å². The van der Waals surface area contributed by atoms with Crippen LogP contribution in [0.4, 0.5) is 11.4 Å². The van der Waals surface area contributed by atoms with Crippen molar-refractivity contribution in [2.75, 3.05) is 46.2 Å². The van der Waals surface area contributed by atoms with Crippen molar-refractivity contribution in [2.45, 2.75) is 11.4 Å². The third kappa shape index (κ3) is 6.14. The number of likely N-dealkylation sites (N-methyl/N-ethyl adjacent to an activating group) is 1. The molecule has 0 atom stereocenters. The molecule has 1 N–H and O–H groups in total. The van der Waals surface area contributed by atoms with E-state index in [0.717, 1.165) is 17.4 Å². The monoisotopic (exact) mass is 422 g/mol. The van der Waals surface area contributed by atoms with E-state index in [1.807, 2.05) is 43.3 Å². The highest BCUT2D eigenvalue weighted by Crippen LogP contribution is 2.31. The summed E-state index contributed by atoms with van der Waals surface area (Å²) < 4.78 is 32.5. The molecule has 0 saturated heterocycles. The van der Waals surface area contributed by atoms with E-state index in [-0.39, 0.29) is 17.1 Å². The highest BCUT2D eigenvalue weighted by Gasteiger charge is 2.23. The molecule has 2 aromatic rings. The summed E-state index contributed by atoms with van der Waals surface area (Å²) in [6, 6.07) is 11.3. The van der Waals surface area contributed by atoms with E-state index in [1.165, 1.54) is 12.1 Å². The number of anilines is 1. The number of hydrogen-bond acceptors (Lipinski definition) is 7. The van der Waals surface area contributed by atoms with Crippen LogP contribution in [0, 0.1) is 10.1 Å². The number of rotatable bonds is 10. The molecule has 0 amide bonds. The summed E-state index contributed by atoms with van der Waals surface area (Å²) in [7, 11) is 3.11. The fourth-order valence-corrected chi connectivity index (χ4v) is 3.76. The summed E-state index contributed by atoms with van der Waals surface area (Å²) in [4.78, 5) is 14.4. The number of nitro groups is 1. The third-order valence-corrected chi connectivity index (χ3v) is 5.75. The van der Waals surface area contributed by atoms with E-state index in [1.54, 1.807) is 19.1 Å². The van der Waals surface area contributed by atoms with Crippen molar-refractivity contribution >= 4 is 21.4 Å². The standard InChI is InChI=1S/C19H26N4O5S/c1-21(2)12-11-20-29(26,27)17-9-10-18(19(13-17)23(24)25)22(3)14-15-5-7-16(28-4)8-6-15/h5-10,13,20H,11-12,14H2,1-4H3. The lowest BCUT2D eigenvalue weighted by Crippen LogP contribution is -2.31. The topological polar surface area (TPSA) is 105 Å². The number of nitrogens with zero attached hydrogens (tertiary/aromatic N) is 3. The minimum absolute atomic E-state index is 0.135. The molecule has 0 aliphatic carbocycles. The van der Waals surface area contributed by atoms with Gasteiger partial charge in [0, 0.05) is 32.7 Å². The number of nitro benzene ring substituents is 1. The lowest BCUT2D eigenvalue weighted by Gasteiger charge is -2.20. The Morgan fingerprint density at radius 1 is 1.10 bits per heavy atom. The first-order valence-electron chi connectivity index (χ1n) is 8.91. The van der Waals surface area contributed by atoms with Gasteiger partial charge in [0.15, 0.2) is 0 Å². The van der Waals surface area contributed by atoms with E-state index in [0.29, 0.717) is 18.8 Å². The van der Waals surface area contributed by atoms with Gasteiger partial charge in [-0.25, -0.2) is 13.1 Å². The van der Waals surface area contributed by atoms with Gasteiger partial charge < -0.3 is 14.5 Å². The lowest BCUT2D eigenvalue weighted by molar-refractivity contribution is -0.384. The molecule has 0 fully saturated rings. The highest BCUT2D eigenvalue weighted by molar-refractivity contribution is 7.89. The molecule has 0 aliphatic heterocycles. The molecule has 9 nitrogen and oxygen atoms in total. The van der Waals surface area contributed by atoms with Crippen LogP contribution >= 0.6 is 0 Å². The molecule has 0 radical (unpaired) electrons. The SMILES string of the molecule is COc1ccc(CN(C)c2ccc(S(=O)(=O)NCCN(C)C)cc2[N+](=O)[O-])cc1. The number of nitrogens with one attached hydrogen (secondary N) is 1. The summed E-state index contributed by atoms with van der Waals surface area (Å²) in [6.07, 6.45) is 0. The molecule has 0 aliphatic rings. The fourth-order valence-electron chi connectivity index (χ4n) is 2.72. The summed E-state index contributed by atoms with van der Waals surface area (Å²) in [5, 5.41) is 11.6. The van der Waals surface area contributed by atoms with Gasteiger partial charge >= 0.3 is 0 Å². The molecule has 0 heterocycles. The van der Waals surface area contributed by atoms with Gasteiger partial charge in [-0.15, -0.1) is 0 Å². The van der Waals surface area contributed by atoms with Crippen molar-refractivity contribution in [3.8, 4) is 5.75 Å². The lowest BCUT2D eigenvalue weighted by atomic mass is 10.2. The Labute approximate surface area is 171 Å². The van der Waals surface area contributed by atoms with Crippen molar-refractivity contribution in [2.24, 2.45) is 0 Å². The van der Waals surface area contributed by atoms with Crippen LogP contribution in [0.3, 0.4) is 0 Å². The summed E-state index contributed by atoms with van der Waals surface area (Å²) in [6.45, 7) is 1.14. The average Bonchev–Trinajstić information content (AvgIpc) is 2.67. The van der Waals surface area contributed by atoms with Gasteiger partial charge in [-0.05, 0) is 43.9 Å². The van der Waals surface area contributed by atoms with E-state index in [2.05, 4.69) is 4.72 Å². The maximum Gasteiger partial charge on any atom is 0.293 e. The van der Waals surface area contributed by atoms with Gasteiger partial charge in [-0.2, -0.15) is 0 Å². The maximum absolute atomic E-state index is 12.4. The Morgan fingerprint density at radius 3 is 2.31 bits per heavy atom. The second-order valence-electron chi connectivity index (χ2n) is 6.81. The first-order valence-corrected chi connectivity index (χ1v) is 10.4. The van der Waals surface area contributed by atoms with Crippen LogP contribution in [0.2, 0.25) is 0 Å². The molecule has 0 saturated carbocycles. The van der Waals surface area contributed by atoms with Crippen LogP contribution in [0.25, 0.3) is 0 Å². The minimum atomic E-state index is -3.83. The van der Waals surface area contributed by atoms with Gasteiger partial charge in [-0.3, -0.25) is 10.1 Å². The summed E-state index contributed by atoms with van der Waals surface area (Å²) in [5.41, 5.74) is 0.999. The van der Waals surface area contributed by atoms with E-state index in [4.69, 9.17) is 4.74 Å². The summed E-state index contributed by atoms with van der Waals surface area (Å²) >= 11 is 0. The molecule has 0 unspecified atom stereocenters. The first-order chi connectivity index (χ1) is 13.6. The van der Waals surface area contributed by atoms with Gasteiger partial charge in [0.2, 0.25) is 10.0 Å². The van der Waals surface area contributed by atoms with Crippen molar-refractivity contribution < 1.29 is 18.1 Å². The zero-order valence-electron chi connectivity index (χ0n) is 17.0. The van der Waals surface area contributed by atoms with Crippen molar-refractivity contribution in [1.29, 1.82) is 0 Å². The summed E-state index contributed by atoms with van der Waals surface area (Å²) in [5.74, 6) is 0.721. The van der Waals surface area contributed by atoms with Gasteiger partial charge in [0.1, 0.15) is 11.4 Å². The molecule has 29 heavy (non-hydrogen) atoms. The van der Waals surface area contributed by atoms with Gasteiger partial charge in [-0.1, -0.05) is 12.1 Å². The second-order valence-corrected chi connectivity index (χ2v) is 8.58. The third-order valence-electron chi connectivity index (χ3n) is 4.30. The van der Waals surface area contributed by atoms with Crippen molar-refractivity contribution in [3.63, 3.8) is 0 Å². The number of methoxy groups -OCH3 is 1. The molecule has 0 aromatic heterocycles. The number of ether oxygens (including phenoxy) is 1. The maximum atomic E-state index is 12.4.